The van der Waals surface area contributed by atoms with Gasteiger partial charge in [0, 0.05) is 11.3 Å². The molecule has 1 aromatic rings. The zero-order chi connectivity index (χ0) is 11.4. The number of fused-ring (bicyclic) bond motifs is 1. The largest absolute Gasteiger partial charge is 0.305 e. The van der Waals surface area contributed by atoms with Crippen LogP contribution in [0.4, 0.5) is 10.1 Å². The van der Waals surface area contributed by atoms with Crippen molar-refractivity contribution >= 4 is 16.7 Å². The fraction of sp³-hybridized carbons (Fsp3) is 0.455. The summed E-state index contributed by atoms with van der Waals surface area (Å²) in [5.41, 5.74) is 1.99. The zero-order valence-electron chi connectivity index (χ0n) is 9.26. The number of rotatable bonds is 0. The monoisotopic (exact) mass is 229 g/mol. The molecule has 2 rings (SSSR count). The molecule has 1 aliphatic heterocycles. The molecule has 1 N–H and O–H groups in total. The molecule has 1 aliphatic rings. The van der Waals surface area contributed by atoms with Crippen molar-refractivity contribution in [3.05, 3.63) is 29.1 Å². The van der Waals surface area contributed by atoms with Crippen molar-refractivity contribution in [2.24, 2.45) is 0 Å². The molecule has 15 heavy (non-hydrogen) atoms. The molecule has 0 amide bonds. The van der Waals surface area contributed by atoms with Crippen molar-refractivity contribution in [2.75, 3.05) is 10.5 Å². The third-order valence-corrected chi connectivity index (χ3v) is 3.22. The number of anilines is 1. The topological polar surface area (TPSA) is 29.1 Å². The van der Waals surface area contributed by atoms with Crippen LogP contribution in [0.3, 0.4) is 0 Å². The molecule has 0 saturated heterocycles. The molecule has 1 aromatic carbocycles. The lowest BCUT2D eigenvalue weighted by Crippen LogP contribution is -2.19. The van der Waals surface area contributed by atoms with E-state index >= 15 is 0 Å². The summed E-state index contributed by atoms with van der Waals surface area (Å²) >= 11 is 0. The van der Waals surface area contributed by atoms with Crippen LogP contribution in [-0.4, -0.2) is 9.96 Å². The van der Waals surface area contributed by atoms with E-state index in [-0.39, 0.29) is 5.82 Å². The molecule has 1 atom stereocenters. The molecular weight excluding hydrogens is 213 g/mol. The number of nitrogens with one attached hydrogen (secondary N) is 1. The minimum Gasteiger partial charge on any atom is -0.305 e. The average Bonchev–Trinajstić information content (AvgIpc) is 2.26. The van der Waals surface area contributed by atoms with Crippen LogP contribution in [0.15, 0.2) is 12.1 Å². The molecule has 0 aromatic heterocycles. The molecule has 84 valence electrons. The van der Waals surface area contributed by atoms with Crippen molar-refractivity contribution in [1.82, 2.24) is 0 Å². The summed E-state index contributed by atoms with van der Waals surface area (Å²) in [6.07, 6.45) is 0.558. The Labute approximate surface area is 92.5 Å². The number of hydrogen-bond donors (Lipinski definition) is 1. The third kappa shape index (κ3) is 2.56. The Morgan fingerprint density at radius 1 is 1.40 bits per heavy atom. The van der Waals surface area contributed by atoms with Crippen LogP contribution in [0.5, 0.6) is 0 Å². The molecular formula is C11H16FNOS. The van der Waals surface area contributed by atoms with Gasteiger partial charge >= 0.3 is 0 Å². The summed E-state index contributed by atoms with van der Waals surface area (Å²) in [5, 5.41) is 0. The summed E-state index contributed by atoms with van der Waals surface area (Å²) in [7, 11) is -1.03. The van der Waals surface area contributed by atoms with E-state index in [4.69, 9.17) is 0 Å². The number of benzene rings is 1. The summed E-state index contributed by atoms with van der Waals surface area (Å²) in [6, 6.07) is 3.48. The van der Waals surface area contributed by atoms with Crippen LogP contribution in [-0.2, 0) is 17.4 Å². The molecule has 4 heteroatoms. The van der Waals surface area contributed by atoms with Gasteiger partial charge in [0.05, 0.1) is 5.69 Å². The molecule has 0 bridgehead atoms. The maximum absolute atomic E-state index is 13.5. The standard InChI is InChI=1S/C9H10FNOS.C2H6/c1-6-2-3-8-7(9(6)10)4-5-13(12)11-8;1-2/h2-3,11H,4-5H2,1H3;1-2H3. The van der Waals surface area contributed by atoms with E-state index in [1.807, 2.05) is 13.8 Å². The highest BCUT2D eigenvalue weighted by atomic mass is 32.2. The van der Waals surface area contributed by atoms with Crippen LogP contribution in [0.25, 0.3) is 0 Å². The van der Waals surface area contributed by atoms with E-state index in [1.54, 1.807) is 19.1 Å². The summed E-state index contributed by atoms with van der Waals surface area (Å²) < 4.78 is 27.3. The number of halogens is 1. The quantitative estimate of drug-likeness (QED) is 0.728. The van der Waals surface area contributed by atoms with Crippen molar-refractivity contribution < 1.29 is 8.60 Å². The second kappa shape index (κ2) is 5.26. The van der Waals surface area contributed by atoms with Gasteiger partial charge < -0.3 is 4.72 Å². The Morgan fingerprint density at radius 2 is 2.07 bits per heavy atom. The van der Waals surface area contributed by atoms with E-state index in [1.165, 1.54) is 0 Å². The first-order valence-electron chi connectivity index (χ1n) is 5.11. The number of aryl methyl sites for hydroxylation is 1. The minimum atomic E-state index is -1.03. The van der Waals surface area contributed by atoms with Gasteiger partial charge in [0.1, 0.15) is 16.8 Å². The first-order chi connectivity index (χ1) is 7.18. The van der Waals surface area contributed by atoms with E-state index in [0.29, 0.717) is 29.0 Å². The highest BCUT2D eigenvalue weighted by Crippen LogP contribution is 2.26. The Kier molecular flexibility index (Phi) is 4.27. The van der Waals surface area contributed by atoms with E-state index in [9.17, 15) is 8.60 Å². The molecule has 1 heterocycles. The zero-order valence-corrected chi connectivity index (χ0v) is 10.1. The van der Waals surface area contributed by atoms with Gasteiger partial charge in [-0.25, -0.2) is 8.60 Å². The molecule has 0 radical (unpaired) electrons. The maximum atomic E-state index is 13.5. The van der Waals surface area contributed by atoms with Gasteiger partial charge in [-0.1, -0.05) is 19.9 Å². The average molecular weight is 229 g/mol. The van der Waals surface area contributed by atoms with Gasteiger partial charge in [-0.2, -0.15) is 0 Å². The normalized spacial score (nSPS) is 18.3. The van der Waals surface area contributed by atoms with Crippen molar-refractivity contribution in [3.8, 4) is 0 Å². The Bertz CT molecular complexity index is 379. The van der Waals surface area contributed by atoms with Gasteiger partial charge in [-0.05, 0) is 25.0 Å². The first-order valence-corrected chi connectivity index (χ1v) is 6.43. The number of hydrogen-bond acceptors (Lipinski definition) is 1. The summed E-state index contributed by atoms with van der Waals surface area (Å²) in [6.45, 7) is 5.74. The van der Waals surface area contributed by atoms with E-state index in [2.05, 4.69) is 4.72 Å². The highest BCUT2D eigenvalue weighted by Gasteiger charge is 2.17. The van der Waals surface area contributed by atoms with Crippen molar-refractivity contribution in [2.45, 2.75) is 27.2 Å². The van der Waals surface area contributed by atoms with E-state index < -0.39 is 11.0 Å². The van der Waals surface area contributed by atoms with Crippen molar-refractivity contribution in [1.29, 1.82) is 0 Å². The van der Waals surface area contributed by atoms with Crippen LogP contribution < -0.4 is 4.72 Å². The predicted molar refractivity (Wildman–Crippen MR) is 62.8 cm³/mol. The third-order valence-electron chi connectivity index (χ3n) is 2.20. The molecule has 0 saturated carbocycles. The van der Waals surface area contributed by atoms with Gasteiger partial charge in [-0.3, -0.25) is 0 Å². The fourth-order valence-electron chi connectivity index (χ4n) is 1.45. The van der Waals surface area contributed by atoms with Gasteiger partial charge in [0.2, 0.25) is 0 Å². The van der Waals surface area contributed by atoms with E-state index in [0.717, 1.165) is 0 Å². The molecule has 2 nitrogen and oxygen atoms in total. The maximum Gasteiger partial charge on any atom is 0.131 e. The lowest BCUT2D eigenvalue weighted by Gasteiger charge is -2.18. The SMILES string of the molecule is CC.Cc1ccc2c(c1F)CCS(=O)N2. The smallest absolute Gasteiger partial charge is 0.131 e. The van der Waals surface area contributed by atoms with Crippen LogP contribution >= 0.6 is 0 Å². The van der Waals surface area contributed by atoms with Gasteiger partial charge in [0.25, 0.3) is 0 Å². The molecule has 0 fully saturated rings. The predicted octanol–water partition coefficient (Wildman–Crippen LogP) is 2.79. The lowest BCUT2D eigenvalue weighted by atomic mass is 10.1. The summed E-state index contributed by atoms with van der Waals surface area (Å²) in [4.78, 5) is 0. The lowest BCUT2D eigenvalue weighted by molar-refractivity contribution is 0.603. The summed E-state index contributed by atoms with van der Waals surface area (Å²) in [5.74, 6) is 0.328. The van der Waals surface area contributed by atoms with Crippen molar-refractivity contribution in [3.63, 3.8) is 0 Å². The molecule has 1 unspecified atom stereocenters. The van der Waals surface area contributed by atoms with Crippen LogP contribution in [0.1, 0.15) is 25.0 Å². The fourth-order valence-corrected chi connectivity index (χ4v) is 2.37. The minimum absolute atomic E-state index is 0.165. The molecule has 0 aliphatic carbocycles. The molecule has 0 spiro atoms. The van der Waals surface area contributed by atoms with Gasteiger partial charge in [-0.15, -0.1) is 0 Å². The Balaban J connectivity index is 0.000000531. The van der Waals surface area contributed by atoms with Gasteiger partial charge in [0.15, 0.2) is 0 Å². The Morgan fingerprint density at radius 3 is 2.73 bits per heavy atom. The first kappa shape index (κ1) is 12.2. The van der Waals surface area contributed by atoms with Crippen LogP contribution in [0, 0.1) is 12.7 Å². The second-order valence-electron chi connectivity index (χ2n) is 3.12. The second-order valence-corrected chi connectivity index (χ2v) is 4.43. The van der Waals surface area contributed by atoms with Crippen LogP contribution in [0.2, 0.25) is 0 Å². The Hall–Kier alpha value is -0.900. The highest BCUT2D eigenvalue weighted by molar-refractivity contribution is 7.86.